The predicted molar refractivity (Wildman–Crippen MR) is 141 cm³/mol. The van der Waals surface area contributed by atoms with E-state index in [0.717, 1.165) is 25.9 Å². The van der Waals surface area contributed by atoms with Gasteiger partial charge in [0.1, 0.15) is 34.8 Å². The van der Waals surface area contributed by atoms with Gasteiger partial charge in [0.15, 0.2) is 5.65 Å². The van der Waals surface area contributed by atoms with E-state index in [2.05, 4.69) is 10.3 Å². The highest BCUT2D eigenvalue weighted by atomic mass is 16.5. The lowest BCUT2D eigenvalue weighted by molar-refractivity contribution is -0.0298. The molecule has 1 aliphatic heterocycles. The molecule has 194 valence electrons. The van der Waals surface area contributed by atoms with Crippen molar-refractivity contribution >= 4 is 22.7 Å². The minimum absolute atomic E-state index is 0.103. The first-order chi connectivity index (χ1) is 17.7. The Morgan fingerprint density at radius 1 is 1.14 bits per heavy atom. The summed E-state index contributed by atoms with van der Waals surface area (Å²) < 4.78 is 13.3. The molecule has 1 fully saturated rings. The van der Waals surface area contributed by atoms with Crippen LogP contribution in [-0.2, 0) is 4.74 Å². The van der Waals surface area contributed by atoms with Gasteiger partial charge in [-0.25, -0.2) is 19.9 Å². The Morgan fingerprint density at radius 2 is 1.97 bits per heavy atom. The van der Waals surface area contributed by atoms with Gasteiger partial charge in [-0.15, -0.1) is 0 Å². The third-order valence-corrected chi connectivity index (χ3v) is 6.51. The molecule has 0 spiro atoms. The van der Waals surface area contributed by atoms with E-state index >= 15 is 0 Å². The molecular formula is C27H33N7O3. The number of nitrogens with zero attached hydrogens (tertiary/aromatic N) is 6. The van der Waals surface area contributed by atoms with Crippen molar-refractivity contribution < 1.29 is 14.6 Å². The fraction of sp³-hybridized carbons (Fsp3) is 0.444. The van der Waals surface area contributed by atoms with Crippen molar-refractivity contribution in [1.82, 2.24) is 29.5 Å². The highest BCUT2D eigenvalue weighted by Gasteiger charge is 2.27. The Morgan fingerprint density at radius 3 is 2.70 bits per heavy atom. The molecular weight excluding hydrogens is 470 g/mol. The van der Waals surface area contributed by atoms with E-state index in [1.165, 1.54) is 0 Å². The molecule has 0 radical (unpaired) electrons. The number of fused-ring (bicyclic) bond motifs is 1. The molecule has 0 amide bonds. The molecule has 0 aromatic carbocycles. The minimum Gasteiger partial charge on any atom is -0.495 e. The summed E-state index contributed by atoms with van der Waals surface area (Å²) in [6.07, 6.45) is 9.04. The predicted octanol–water partition coefficient (Wildman–Crippen LogP) is 5.12. The minimum atomic E-state index is -0.724. The molecule has 5 heterocycles. The lowest BCUT2D eigenvalue weighted by Crippen LogP contribution is -2.18. The quantitative estimate of drug-likeness (QED) is 0.369. The van der Waals surface area contributed by atoms with E-state index < -0.39 is 6.10 Å². The van der Waals surface area contributed by atoms with Crippen molar-refractivity contribution in [3.05, 3.63) is 48.4 Å². The number of rotatable bonds is 6. The van der Waals surface area contributed by atoms with Crippen molar-refractivity contribution in [3.63, 3.8) is 0 Å². The first-order valence-corrected chi connectivity index (χ1v) is 12.5. The molecule has 5 rings (SSSR count). The monoisotopic (exact) mass is 503 g/mol. The van der Waals surface area contributed by atoms with Gasteiger partial charge >= 0.3 is 0 Å². The normalized spacial score (nSPS) is 17.1. The summed E-state index contributed by atoms with van der Waals surface area (Å²) in [5.41, 5.74) is 3.72. The summed E-state index contributed by atoms with van der Waals surface area (Å²) in [6, 6.07) is 3.77. The number of methoxy groups -OCH3 is 1. The molecule has 4 aromatic rings. The number of aliphatic hydroxyl groups is 1. The Hall–Kier alpha value is -3.63. The lowest BCUT2D eigenvalue weighted by Gasteiger charge is -2.26. The standard InChI is InChI=1S/C27H33N7O3/c1-16-31-22(23-26(32-16)34(15-30-23)21-8-6-7-9-37-21)20-10-17(24(35)27(2,3)4)12-29-25(20)33-18-11-19(36-5)14-28-13-18/h10-15,21,24,35H,6-9H2,1-5H3,(H,29,33). The number of nitrogens with one attached hydrogen (secondary N) is 1. The maximum atomic E-state index is 11.1. The van der Waals surface area contributed by atoms with Crippen LogP contribution in [0.25, 0.3) is 22.4 Å². The first kappa shape index (κ1) is 25.0. The van der Waals surface area contributed by atoms with E-state index in [0.29, 0.717) is 51.1 Å². The molecule has 1 saturated heterocycles. The Kier molecular flexibility index (Phi) is 6.78. The van der Waals surface area contributed by atoms with Gasteiger partial charge in [-0.2, -0.15) is 0 Å². The fourth-order valence-electron chi connectivity index (χ4n) is 4.51. The highest BCUT2D eigenvalue weighted by Crippen LogP contribution is 2.38. The SMILES string of the molecule is COc1cncc(Nc2ncc(C(O)C(C)(C)C)cc2-c2nc(C)nc3c2ncn3C2CCCCO2)c1. The summed E-state index contributed by atoms with van der Waals surface area (Å²) in [7, 11) is 1.60. The Labute approximate surface area is 216 Å². The van der Waals surface area contributed by atoms with E-state index in [1.807, 2.05) is 44.4 Å². The van der Waals surface area contributed by atoms with Crippen LogP contribution in [0.5, 0.6) is 5.75 Å². The van der Waals surface area contributed by atoms with E-state index in [9.17, 15) is 5.11 Å². The molecule has 10 nitrogen and oxygen atoms in total. The molecule has 2 N–H and O–H groups in total. The van der Waals surface area contributed by atoms with Crippen LogP contribution in [-0.4, -0.2) is 48.3 Å². The third-order valence-electron chi connectivity index (χ3n) is 6.51. The molecule has 1 aliphatic rings. The highest BCUT2D eigenvalue weighted by molar-refractivity contribution is 5.92. The maximum absolute atomic E-state index is 11.1. The van der Waals surface area contributed by atoms with Gasteiger partial charge in [0, 0.05) is 30.0 Å². The second-order valence-corrected chi connectivity index (χ2v) is 10.4. The van der Waals surface area contributed by atoms with Crippen molar-refractivity contribution in [2.75, 3.05) is 19.0 Å². The summed E-state index contributed by atoms with van der Waals surface area (Å²) in [6.45, 7) is 8.56. The summed E-state index contributed by atoms with van der Waals surface area (Å²) in [5, 5.41) is 14.4. The number of imidazole rings is 1. The second kappa shape index (κ2) is 10.0. The van der Waals surface area contributed by atoms with Crippen LogP contribution in [0.2, 0.25) is 0 Å². The van der Waals surface area contributed by atoms with Gasteiger partial charge in [0.25, 0.3) is 0 Å². The fourth-order valence-corrected chi connectivity index (χ4v) is 4.51. The number of hydrogen-bond acceptors (Lipinski definition) is 9. The average Bonchev–Trinajstić information content (AvgIpc) is 3.32. The Bertz CT molecular complexity index is 1410. The molecule has 0 aliphatic carbocycles. The van der Waals surface area contributed by atoms with E-state index in [-0.39, 0.29) is 11.6 Å². The lowest BCUT2D eigenvalue weighted by atomic mass is 9.85. The van der Waals surface area contributed by atoms with Crippen molar-refractivity contribution in [3.8, 4) is 17.0 Å². The van der Waals surface area contributed by atoms with Gasteiger partial charge in [0.2, 0.25) is 0 Å². The summed E-state index contributed by atoms with van der Waals surface area (Å²) >= 11 is 0. The van der Waals surface area contributed by atoms with Crippen LogP contribution in [0.1, 0.15) is 63.8 Å². The number of aliphatic hydroxyl groups excluding tert-OH is 1. The van der Waals surface area contributed by atoms with Crippen LogP contribution >= 0.6 is 0 Å². The topological polar surface area (TPSA) is 120 Å². The molecule has 0 bridgehead atoms. The summed E-state index contributed by atoms with van der Waals surface area (Å²) in [5.74, 6) is 1.79. The van der Waals surface area contributed by atoms with Crippen molar-refractivity contribution in [2.24, 2.45) is 5.41 Å². The summed E-state index contributed by atoms with van der Waals surface area (Å²) in [4.78, 5) is 23.2. The third kappa shape index (κ3) is 5.12. The van der Waals surface area contributed by atoms with Gasteiger partial charge in [-0.3, -0.25) is 9.55 Å². The van der Waals surface area contributed by atoms with E-state index in [4.69, 9.17) is 29.4 Å². The Balaban J connectivity index is 1.67. The zero-order valence-corrected chi connectivity index (χ0v) is 21.9. The van der Waals surface area contributed by atoms with Crippen LogP contribution in [0.4, 0.5) is 11.5 Å². The number of hydrogen-bond donors (Lipinski definition) is 2. The molecule has 10 heteroatoms. The van der Waals surface area contributed by atoms with Crippen molar-refractivity contribution in [1.29, 1.82) is 0 Å². The zero-order valence-electron chi connectivity index (χ0n) is 21.9. The van der Waals surface area contributed by atoms with Gasteiger partial charge in [0.05, 0.1) is 37.6 Å². The van der Waals surface area contributed by atoms with Crippen molar-refractivity contribution in [2.45, 2.75) is 59.3 Å². The molecule has 37 heavy (non-hydrogen) atoms. The van der Waals surface area contributed by atoms with Gasteiger partial charge in [-0.1, -0.05) is 20.8 Å². The largest absolute Gasteiger partial charge is 0.495 e. The second-order valence-electron chi connectivity index (χ2n) is 10.4. The van der Waals surface area contributed by atoms with Gasteiger partial charge in [-0.05, 0) is 37.7 Å². The number of pyridine rings is 2. The van der Waals surface area contributed by atoms with Crippen LogP contribution in [0.15, 0.2) is 37.1 Å². The maximum Gasteiger partial charge on any atom is 0.166 e. The van der Waals surface area contributed by atoms with Gasteiger partial charge < -0.3 is 19.9 Å². The molecule has 2 unspecified atom stereocenters. The average molecular weight is 504 g/mol. The smallest absolute Gasteiger partial charge is 0.166 e. The van der Waals surface area contributed by atoms with Crippen LogP contribution in [0.3, 0.4) is 0 Å². The van der Waals surface area contributed by atoms with E-state index in [1.54, 1.807) is 32.0 Å². The first-order valence-electron chi connectivity index (χ1n) is 12.5. The zero-order chi connectivity index (χ0) is 26.2. The number of aromatic nitrogens is 6. The van der Waals surface area contributed by atoms with Crippen LogP contribution in [0, 0.1) is 12.3 Å². The number of ether oxygens (including phenoxy) is 2. The number of aryl methyl sites for hydroxylation is 1. The van der Waals surface area contributed by atoms with Crippen LogP contribution < -0.4 is 10.1 Å². The molecule has 2 atom stereocenters. The molecule has 4 aromatic heterocycles. The molecule has 0 saturated carbocycles. The number of anilines is 2.